The van der Waals surface area contributed by atoms with Crippen molar-refractivity contribution in [2.24, 2.45) is 11.8 Å². The molecule has 1 N–H and O–H groups in total. The van der Waals surface area contributed by atoms with Gasteiger partial charge in [0.25, 0.3) is 0 Å². The average molecular weight is 539 g/mol. The highest BCUT2D eigenvalue weighted by atomic mass is 16.5. The molecule has 1 saturated heterocycles. The van der Waals surface area contributed by atoms with Crippen LogP contribution in [0.5, 0.6) is 0 Å². The van der Waals surface area contributed by atoms with Crippen molar-refractivity contribution in [1.29, 1.82) is 0 Å². The van der Waals surface area contributed by atoms with Crippen molar-refractivity contribution in [3.63, 3.8) is 0 Å². The molecule has 40 heavy (non-hydrogen) atoms. The number of rotatable bonds is 8. The van der Waals surface area contributed by atoms with Gasteiger partial charge in [0, 0.05) is 19.0 Å². The van der Waals surface area contributed by atoms with Gasteiger partial charge in [-0.2, -0.15) is 0 Å². The third-order valence-corrected chi connectivity index (χ3v) is 7.66. The van der Waals surface area contributed by atoms with E-state index in [0.29, 0.717) is 17.5 Å². The van der Waals surface area contributed by atoms with Gasteiger partial charge in [0.1, 0.15) is 6.10 Å². The van der Waals surface area contributed by atoms with Crippen molar-refractivity contribution < 1.29 is 9.53 Å². The predicted molar refractivity (Wildman–Crippen MR) is 168 cm³/mol. The standard InChI is InChI=1S/C32H36N2O2.C4H10/c1-33-28-14-7-13-27(23-28)24-17-20-34(21-18-24)22-19-31(26-10-3-2-4-11-26)36-32(35)30-16-8-12-25-9-5-6-15-29(25)30;1-4(2)3/h2-13,15-16,23-24,28,31,33H,14,17-22H2,1H3;4H,1-3H3. The van der Waals surface area contributed by atoms with E-state index in [1.54, 1.807) is 0 Å². The first kappa shape index (κ1) is 29.8. The fourth-order valence-corrected chi connectivity index (χ4v) is 5.53. The zero-order valence-corrected chi connectivity index (χ0v) is 24.7. The molecule has 212 valence electrons. The van der Waals surface area contributed by atoms with Crippen LogP contribution in [0.2, 0.25) is 0 Å². The molecule has 3 aromatic rings. The zero-order valence-electron chi connectivity index (χ0n) is 24.7. The van der Waals surface area contributed by atoms with E-state index in [1.165, 1.54) is 18.4 Å². The number of ether oxygens (including phenoxy) is 1. The van der Waals surface area contributed by atoms with Gasteiger partial charge in [0.05, 0.1) is 5.56 Å². The number of nitrogens with one attached hydrogen (secondary N) is 1. The minimum Gasteiger partial charge on any atom is -0.454 e. The third kappa shape index (κ3) is 8.39. The summed E-state index contributed by atoms with van der Waals surface area (Å²) in [7, 11) is 2.04. The number of allylic oxidation sites excluding steroid dienone is 2. The fraction of sp³-hybridized carbons (Fsp3) is 0.417. The van der Waals surface area contributed by atoms with Crippen molar-refractivity contribution in [1.82, 2.24) is 10.2 Å². The molecule has 0 amide bonds. The third-order valence-electron chi connectivity index (χ3n) is 7.66. The van der Waals surface area contributed by atoms with Crippen LogP contribution in [0.15, 0.2) is 96.6 Å². The second kappa shape index (κ2) is 15.0. The number of hydrogen-bond donors (Lipinski definition) is 1. The Labute approximate surface area is 241 Å². The molecule has 2 unspecified atom stereocenters. The minimum absolute atomic E-state index is 0.255. The van der Waals surface area contributed by atoms with Crippen LogP contribution in [0.1, 0.15) is 68.5 Å². The Balaban J connectivity index is 0.000000867. The molecule has 0 saturated carbocycles. The van der Waals surface area contributed by atoms with Crippen LogP contribution in [-0.4, -0.2) is 43.6 Å². The quantitative estimate of drug-likeness (QED) is 0.295. The number of piperidine rings is 1. The van der Waals surface area contributed by atoms with Gasteiger partial charge in [-0.3, -0.25) is 0 Å². The molecule has 4 nitrogen and oxygen atoms in total. The van der Waals surface area contributed by atoms with Gasteiger partial charge < -0.3 is 15.0 Å². The number of benzene rings is 3. The number of fused-ring (bicyclic) bond motifs is 1. The topological polar surface area (TPSA) is 41.6 Å². The average Bonchev–Trinajstić information content (AvgIpc) is 2.99. The summed E-state index contributed by atoms with van der Waals surface area (Å²) >= 11 is 0. The van der Waals surface area contributed by atoms with Crippen molar-refractivity contribution in [3.8, 4) is 0 Å². The van der Waals surface area contributed by atoms with Gasteiger partial charge in [-0.1, -0.05) is 106 Å². The molecule has 1 aliphatic heterocycles. The van der Waals surface area contributed by atoms with Crippen molar-refractivity contribution in [2.75, 3.05) is 26.7 Å². The van der Waals surface area contributed by atoms with Crippen LogP contribution in [0.3, 0.4) is 0 Å². The Morgan fingerprint density at radius 3 is 2.35 bits per heavy atom. The number of carbonyl (C=O) groups excluding carboxylic acids is 1. The molecular weight excluding hydrogens is 492 g/mol. The van der Waals surface area contributed by atoms with E-state index in [2.05, 4.69) is 61.3 Å². The highest BCUT2D eigenvalue weighted by molar-refractivity contribution is 6.04. The molecule has 0 aromatic heterocycles. The first-order valence-electron chi connectivity index (χ1n) is 15.0. The van der Waals surface area contributed by atoms with E-state index < -0.39 is 0 Å². The highest BCUT2D eigenvalue weighted by Gasteiger charge is 2.25. The van der Waals surface area contributed by atoms with E-state index in [9.17, 15) is 4.79 Å². The maximum absolute atomic E-state index is 13.3. The molecule has 2 atom stereocenters. The van der Waals surface area contributed by atoms with Crippen LogP contribution in [-0.2, 0) is 4.74 Å². The van der Waals surface area contributed by atoms with Crippen LogP contribution in [0, 0.1) is 11.8 Å². The maximum Gasteiger partial charge on any atom is 0.339 e. The Hall–Kier alpha value is -3.21. The number of nitrogens with zero attached hydrogens (tertiary/aromatic N) is 1. The molecule has 0 spiro atoms. The van der Waals surface area contributed by atoms with Gasteiger partial charge in [-0.15, -0.1) is 0 Å². The lowest BCUT2D eigenvalue weighted by Gasteiger charge is -2.34. The lowest BCUT2D eigenvalue weighted by Crippen LogP contribution is -2.36. The molecule has 3 aromatic carbocycles. The molecule has 0 radical (unpaired) electrons. The molecule has 1 fully saturated rings. The second-order valence-electron chi connectivity index (χ2n) is 11.7. The molecule has 5 rings (SSSR count). The Morgan fingerprint density at radius 2 is 1.62 bits per heavy atom. The molecule has 1 heterocycles. The molecular formula is C36H46N2O2. The van der Waals surface area contributed by atoms with Crippen LogP contribution in [0.25, 0.3) is 10.8 Å². The molecule has 4 heteroatoms. The van der Waals surface area contributed by atoms with Crippen molar-refractivity contribution in [2.45, 2.75) is 58.6 Å². The summed E-state index contributed by atoms with van der Waals surface area (Å²) in [6.45, 7) is 9.58. The first-order valence-corrected chi connectivity index (χ1v) is 15.0. The Bertz CT molecular complexity index is 1260. The molecule has 0 bridgehead atoms. The van der Waals surface area contributed by atoms with Gasteiger partial charge in [-0.05, 0) is 79.2 Å². The van der Waals surface area contributed by atoms with Crippen LogP contribution < -0.4 is 5.32 Å². The Kier molecular flexibility index (Phi) is 11.1. The Morgan fingerprint density at radius 1 is 0.950 bits per heavy atom. The van der Waals surface area contributed by atoms with Gasteiger partial charge >= 0.3 is 5.97 Å². The summed E-state index contributed by atoms with van der Waals surface area (Å²) in [6.07, 6.45) is 11.0. The van der Waals surface area contributed by atoms with E-state index in [0.717, 1.165) is 54.7 Å². The van der Waals surface area contributed by atoms with Crippen molar-refractivity contribution in [3.05, 3.63) is 108 Å². The van der Waals surface area contributed by atoms with E-state index in [1.807, 2.05) is 67.7 Å². The number of likely N-dealkylation sites (tertiary alicyclic amines) is 1. The smallest absolute Gasteiger partial charge is 0.339 e. The lowest BCUT2D eigenvalue weighted by atomic mass is 9.85. The van der Waals surface area contributed by atoms with Gasteiger partial charge in [0.15, 0.2) is 0 Å². The summed E-state index contributed by atoms with van der Waals surface area (Å²) in [4.78, 5) is 15.8. The van der Waals surface area contributed by atoms with Crippen LogP contribution in [0.4, 0.5) is 0 Å². The first-order chi connectivity index (χ1) is 19.4. The van der Waals surface area contributed by atoms with E-state index in [-0.39, 0.29) is 12.1 Å². The minimum atomic E-state index is -0.268. The summed E-state index contributed by atoms with van der Waals surface area (Å²) in [5, 5.41) is 5.37. The lowest BCUT2D eigenvalue weighted by molar-refractivity contribution is 0.0245. The number of carbonyl (C=O) groups is 1. The highest BCUT2D eigenvalue weighted by Crippen LogP contribution is 2.30. The SMILES string of the molecule is CC(C)C.CNC1C=C(C2CCN(CCC(OC(=O)c3cccc4ccccc34)c3ccccc3)CC2)C=CC1. The summed E-state index contributed by atoms with van der Waals surface area (Å²) < 4.78 is 6.17. The number of likely N-dealkylation sites (N-methyl/N-ethyl adjacent to an activating group) is 1. The monoisotopic (exact) mass is 538 g/mol. The molecule has 2 aliphatic rings. The maximum atomic E-state index is 13.3. The number of hydrogen-bond acceptors (Lipinski definition) is 4. The van der Waals surface area contributed by atoms with Crippen LogP contribution >= 0.6 is 0 Å². The summed E-state index contributed by atoms with van der Waals surface area (Å²) in [5.41, 5.74) is 3.17. The summed E-state index contributed by atoms with van der Waals surface area (Å²) in [6, 6.07) is 24.4. The normalized spacial score (nSPS) is 18.6. The van der Waals surface area contributed by atoms with E-state index >= 15 is 0 Å². The molecule has 1 aliphatic carbocycles. The zero-order chi connectivity index (χ0) is 28.3. The van der Waals surface area contributed by atoms with Gasteiger partial charge in [-0.25, -0.2) is 4.79 Å². The predicted octanol–water partition coefficient (Wildman–Crippen LogP) is 7.98. The van der Waals surface area contributed by atoms with Crippen molar-refractivity contribution >= 4 is 16.7 Å². The van der Waals surface area contributed by atoms with E-state index in [4.69, 9.17) is 4.74 Å². The van der Waals surface area contributed by atoms with Gasteiger partial charge in [0.2, 0.25) is 0 Å². The fourth-order valence-electron chi connectivity index (χ4n) is 5.53. The number of esters is 1. The second-order valence-corrected chi connectivity index (χ2v) is 11.7. The summed E-state index contributed by atoms with van der Waals surface area (Å²) in [5.74, 6) is 1.22. The largest absolute Gasteiger partial charge is 0.454 e.